The number of ether oxygens (including phenoxy) is 1. The molecule has 1 unspecified atom stereocenters. The van der Waals surface area contributed by atoms with Crippen LogP contribution in [-0.2, 0) is 9.53 Å². The topological polar surface area (TPSA) is 52.3 Å². The molecule has 18 heavy (non-hydrogen) atoms. The van der Waals surface area contributed by atoms with Gasteiger partial charge in [0.1, 0.15) is 0 Å². The predicted molar refractivity (Wildman–Crippen MR) is 63.0 cm³/mol. The van der Waals surface area contributed by atoms with Crippen molar-refractivity contribution in [2.45, 2.75) is 64.1 Å². The molecule has 1 atom stereocenters. The summed E-state index contributed by atoms with van der Waals surface area (Å²) in [5.74, 6) is -1.41. The van der Waals surface area contributed by atoms with Crippen LogP contribution in [-0.4, -0.2) is 24.3 Å². The summed E-state index contributed by atoms with van der Waals surface area (Å²) in [6.45, 7) is 2.71. The third kappa shape index (κ3) is 5.71. The first kappa shape index (κ1) is 17.2. The minimum atomic E-state index is -4.79. The maximum atomic E-state index is 12.4. The highest BCUT2D eigenvalue weighted by Gasteiger charge is 2.55. The number of hydrogen-bond donors (Lipinski definition) is 1. The fraction of sp³-hybridized carbons (Fsp3) is 0.917. The lowest BCUT2D eigenvalue weighted by Crippen LogP contribution is -2.57. The van der Waals surface area contributed by atoms with Gasteiger partial charge in [-0.05, 0) is 13.3 Å². The Kier molecular flexibility index (Phi) is 7.28. The van der Waals surface area contributed by atoms with Gasteiger partial charge < -0.3 is 10.5 Å². The average Bonchev–Trinajstić information content (AvgIpc) is 2.26. The summed E-state index contributed by atoms with van der Waals surface area (Å²) in [6, 6.07) is 0. The smallest absolute Gasteiger partial charge is 0.416 e. The Morgan fingerprint density at radius 3 is 2.11 bits per heavy atom. The van der Waals surface area contributed by atoms with Gasteiger partial charge >= 0.3 is 12.1 Å². The number of halogens is 3. The summed E-state index contributed by atoms with van der Waals surface area (Å²) < 4.78 is 41.7. The van der Waals surface area contributed by atoms with E-state index < -0.39 is 17.7 Å². The minimum absolute atomic E-state index is 0.00612. The van der Waals surface area contributed by atoms with Crippen molar-refractivity contribution in [1.29, 1.82) is 0 Å². The largest absolute Gasteiger partial charge is 0.464 e. The number of alkyl halides is 3. The quantitative estimate of drug-likeness (QED) is 0.544. The second kappa shape index (κ2) is 7.61. The Morgan fingerprint density at radius 1 is 1.11 bits per heavy atom. The van der Waals surface area contributed by atoms with Crippen LogP contribution in [0.1, 0.15) is 52.4 Å². The predicted octanol–water partition coefficient (Wildman–Crippen LogP) is 3.17. The molecule has 0 heterocycles. The molecular formula is C12H22F3NO2. The van der Waals surface area contributed by atoms with Gasteiger partial charge in [0.15, 0.2) is 0 Å². The van der Waals surface area contributed by atoms with E-state index in [1.807, 2.05) is 0 Å². The highest BCUT2D eigenvalue weighted by molar-refractivity contribution is 5.81. The van der Waals surface area contributed by atoms with Crippen LogP contribution in [0.15, 0.2) is 0 Å². The van der Waals surface area contributed by atoms with Gasteiger partial charge in [-0.3, -0.25) is 0 Å². The fourth-order valence-corrected chi connectivity index (χ4v) is 1.31. The zero-order chi connectivity index (χ0) is 14.2. The van der Waals surface area contributed by atoms with Gasteiger partial charge in [0.2, 0.25) is 5.54 Å². The van der Waals surface area contributed by atoms with E-state index >= 15 is 0 Å². The van der Waals surface area contributed by atoms with E-state index in [9.17, 15) is 18.0 Å². The molecule has 0 fully saturated rings. The maximum absolute atomic E-state index is 12.4. The average molecular weight is 269 g/mol. The first-order valence-electron chi connectivity index (χ1n) is 6.26. The van der Waals surface area contributed by atoms with Gasteiger partial charge in [0.05, 0.1) is 6.61 Å². The second-order valence-corrected chi connectivity index (χ2v) is 4.60. The van der Waals surface area contributed by atoms with Gasteiger partial charge in [-0.1, -0.05) is 39.0 Å². The van der Waals surface area contributed by atoms with E-state index in [-0.39, 0.29) is 6.61 Å². The van der Waals surface area contributed by atoms with Gasteiger partial charge in [-0.25, -0.2) is 4.79 Å². The van der Waals surface area contributed by atoms with Crippen LogP contribution < -0.4 is 5.73 Å². The first-order chi connectivity index (χ1) is 8.23. The summed E-state index contributed by atoms with van der Waals surface area (Å²) in [5.41, 5.74) is 2.00. The Labute approximate surface area is 106 Å². The molecule has 0 saturated heterocycles. The Balaban J connectivity index is 3.78. The number of esters is 1. The lowest BCUT2D eigenvalue weighted by molar-refractivity contribution is -0.202. The molecule has 0 aromatic rings. The van der Waals surface area contributed by atoms with Crippen molar-refractivity contribution in [3.63, 3.8) is 0 Å². The third-order valence-electron chi connectivity index (χ3n) is 2.74. The second-order valence-electron chi connectivity index (χ2n) is 4.60. The van der Waals surface area contributed by atoms with Crippen molar-refractivity contribution in [3.05, 3.63) is 0 Å². The highest BCUT2D eigenvalue weighted by Crippen LogP contribution is 2.28. The molecule has 3 nitrogen and oxygen atoms in total. The lowest BCUT2D eigenvalue weighted by atomic mass is 10.0. The third-order valence-corrected chi connectivity index (χ3v) is 2.74. The summed E-state index contributed by atoms with van der Waals surface area (Å²) in [4.78, 5) is 11.2. The normalized spacial score (nSPS) is 15.2. The standard InChI is InChI=1S/C12H22F3NO2/c1-3-4-5-6-7-8-9-18-10(17)11(2,16)12(13,14)15/h3-9,16H2,1-2H3. The molecule has 0 aliphatic rings. The molecule has 0 amide bonds. The van der Waals surface area contributed by atoms with Crippen molar-refractivity contribution < 1.29 is 22.7 Å². The van der Waals surface area contributed by atoms with Crippen LogP contribution in [0.5, 0.6) is 0 Å². The lowest BCUT2D eigenvalue weighted by Gasteiger charge is -2.25. The van der Waals surface area contributed by atoms with Crippen LogP contribution in [0.25, 0.3) is 0 Å². The van der Waals surface area contributed by atoms with Crippen molar-refractivity contribution in [3.8, 4) is 0 Å². The molecule has 2 N–H and O–H groups in total. The Morgan fingerprint density at radius 2 is 1.61 bits per heavy atom. The molecule has 6 heteroatoms. The van der Waals surface area contributed by atoms with Gasteiger partial charge in [-0.2, -0.15) is 13.2 Å². The molecule has 0 aromatic heterocycles. The summed E-state index contributed by atoms with van der Waals surface area (Å²) in [7, 11) is 0. The number of unbranched alkanes of at least 4 members (excludes halogenated alkanes) is 5. The van der Waals surface area contributed by atoms with E-state index in [0.29, 0.717) is 13.3 Å². The van der Waals surface area contributed by atoms with Crippen LogP contribution >= 0.6 is 0 Å². The van der Waals surface area contributed by atoms with Crippen LogP contribution in [0.2, 0.25) is 0 Å². The number of nitrogens with two attached hydrogens (primary N) is 1. The van der Waals surface area contributed by atoms with E-state index in [1.165, 1.54) is 0 Å². The summed E-state index contributed by atoms with van der Waals surface area (Å²) >= 11 is 0. The molecule has 0 aliphatic carbocycles. The SMILES string of the molecule is CCCCCCCCOC(=O)C(C)(N)C(F)(F)F. The van der Waals surface area contributed by atoms with Crippen molar-refractivity contribution in [2.24, 2.45) is 5.73 Å². The molecule has 0 radical (unpaired) electrons. The molecule has 108 valence electrons. The number of carbonyl (C=O) groups excluding carboxylic acids is 1. The van der Waals surface area contributed by atoms with E-state index in [0.717, 1.165) is 32.1 Å². The summed E-state index contributed by atoms with van der Waals surface area (Å²) in [6.07, 6.45) is 1.02. The molecular weight excluding hydrogens is 247 g/mol. The van der Waals surface area contributed by atoms with Gasteiger partial charge in [0, 0.05) is 0 Å². The molecule has 0 aliphatic heterocycles. The van der Waals surface area contributed by atoms with Crippen LogP contribution in [0, 0.1) is 0 Å². The van der Waals surface area contributed by atoms with Crippen molar-refractivity contribution >= 4 is 5.97 Å². The number of carbonyl (C=O) groups is 1. The van der Waals surface area contributed by atoms with E-state index in [4.69, 9.17) is 5.73 Å². The minimum Gasteiger partial charge on any atom is -0.464 e. The van der Waals surface area contributed by atoms with E-state index in [1.54, 1.807) is 0 Å². The highest BCUT2D eigenvalue weighted by atomic mass is 19.4. The molecule has 0 bridgehead atoms. The number of hydrogen-bond acceptors (Lipinski definition) is 3. The molecule has 0 saturated carbocycles. The van der Waals surface area contributed by atoms with Crippen LogP contribution in [0.3, 0.4) is 0 Å². The van der Waals surface area contributed by atoms with E-state index in [2.05, 4.69) is 11.7 Å². The van der Waals surface area contributed by atoms with Crippen molar-refractivity contribution in [1.82, 2.24) is 0 Å². The zero-order valence-corrected chi connectivity index (χ0v) is 11.0. The first-order valence-corrected chi connectivity index (χ1v) is 6.26. The zero-order valence-electron chi connectivity index (χ0n) is 11.0. The molecule has 0 rings (SSSR count). The van der Waals surface area contributed by atoms with Crippen LogP contribution in [0.4, 0.5) is 13.2 Å². The Bertz CT molecular complexity index is 252. The summed E-state index contributed by atoms with van der Waals surface area (Å²) in [5, 5.41) is 0. The number of rotatable bonds is 8. The Hall–Kier alpha value is -0.780. The van der Waals surface area contributed by atoms with Crippen molar-refractivity contribution in [2.75, 3.05) is 6.61 Å². The molecule has 0 aromatic carbocycles. The van der Waals surface area contributed by atoms with Gasteiger partial charge in [-0.15, -0.1) is 0 Å². The van der Waals surface area contributed by atoms with Gasteiger partial charge in [0.25, 0.3) is 0 Å². The fourth-order valence-electron chi connectivity index (χ4n) is 1.31. The molecule has 0 spiro atoms. The monoisotopic (exact) mass is 269 g/mol. The maximum Gasteiger partial charge on any atom is 0.416 e.